The third-order valence-corrected chi connectivity index (χ3v) is 4.99. The van der Waals surface area contributed by atoms with Gasteiger partial charge in [-0.05, 0) is 55.7 Å². The van der Waals surface area contributed by atoms with Crippen LogP contribution in [0, 0.1) is 24.7 Å². The second-order valence-corrected chi connectivity index (χ2v) is 6.29. The molecule has 3 rings (SSSR count). The number of methoxy groups -OCH3 is 1. The van der Waals surface area contributed by atoms with Gasteiger partial charge >= 0.3 is 5.97 Å². The number of aryl methyl sites for hydroxylation is 1. The van der Waals surface area contributed by atoms with Crippen LogP contribution in [0.4, 0.5) is 5.69 Å². The van der Waals surface area contributed by atoms with Gasteiger partial charge in [0.15, 0.2) is 0 Å². The summed E-state index contributed by atoms with van der Waals surface area (Å²) in [7, 11) is 1.36. The van der Waals surface area contributed by atoms with E-state index in [-0.39, 0.29) is 17.8 Å². The first kappa shape index (κ1) is 14.1. The van der Waals surface area contributed by atoms with E-state index < -0.39 is 0 Å². The molecular formula is C17H21NO3. The highest BCUT2D eigenvalue weighted by Crippen LogP contribution is 2.48. The number of amides is 1. The Morgan fingerprint density at radius 2 is 2.05 bits per heavy atom. The maximum Gasteiger partial charge on any atom is 0.337 e. The number of carbonyl (C=O) groups excluding carboxylic acids is 2. The first-order chi connectivity index (χ1) is 10.1. The maximum atomic E-state index is 12.5. The van der Waals surface area contributed by atoms with E-state index in [9.17, 15) is 9.59 Å². The van der Waals surface area contributed by atoms with Crippen LogP contribution in [-0.4, -0.2) is 19.0 Å². The Balaban J connectivity index is 1.75. The average Bonchev–Trinajstić information content (AvgIpc) is 3.11. The minimum atomic E-state index is -0.384. The Bertz CT molecular complexity index is 581. The number of ether oxygens (including phenoxy) is 1. The van der Waals surface area contributed by atoms with Crippen LogP contribution in [0.3, 0.4) is 0 Å². The van der Waals surface area contributed by atoms with Crippen molar-refractivity contribution in [2.75, 3.05) is 12.4 Å². The number of anilines is 1. The molecule has 1 aromatic rings. The highest BCUT2D eigenvalue weighted by molar-refractivity contribution is 5.96. The van der Waals surface area contributed by atoms with Crippen LogP contribution < -0.4 is 5.32 Å². The van der Waals surface area contributed by atoms with Crippen LogP contribution in [0.1, 0.15) is 41.6 Å². The van der Waals surface area contributed by atoms with E-state index in [0.29, 0.717) is 17.2 Å². The van der Waals surface area contributed by atoms with Crippen LogP contribution in [0.2, 0.25) is 0 Å². The van der Waals surface area contributed by atoms with E-state index in [0.717, 1.165) is 17.9 Å². The standard InChI is InChI=1S/C17H21NO3/c1-10-3-5-13(17(20)21-2)9-15(10)18-16(19)14-8-11-4-6-12(14)7-11/h3,5,9,11-12,14H,4,6-8H2,1-2H3,(H,18,19). The van der Waals surface area contributed by atoms with Gasteiger partial charge in [-0.3, -0.25) is 4.79 Å². The molecule has 4 heteroatoms. The van der Waals surface area contributed by atoms with Crippen molar-refractivity contribution < 1.29 is 14.3 Å². The van der Waals surface area contributed by atoms with Gasteiger partial charge in [0.1, 0.15) is 0 Å². The summed E-state index contributed by atoms with van der Waals surface area (Å²) in [5.41, 5.74) is 2.14. The van der Waals surface area contributed by atoms with Crippen molar-refractivity contribution in [3.05, 3.63) is 29.3 Å². The van der Waals surface area contributed by atoms with Gasteiger partial charge < -0.3 is 10.1 Å². The summed E-state index contributed by atoms with van der Waals surface area (Å²) in [6.45, 7) is 1.93. The minimum Gasteiger partial charge on any atom is -0.465 e. The van der Waals surface area contributed by atoms with Gasteiger partial charge in [0.05, 0.1) is 12.7 Å². The SMILES string of the molecule is COC(=O)c1ccc(C)c(NC(=O)C2CC3CCC2C3)c1. The molecule has 112 valence electrons. The highest BCUT2D eigenvalue weighted by Gasteiger charge is 2.43. The fourth-order valence-electron chi connectivity index (χ4n) is 3.79. The zero-order valence-electron chi connectivity index (χ0n) is 12.5. The molecule has 2 aliphatic rings. The zero-order valence-corrected chi connectivity index (χ0v) is 12.5. The van der Waals surface area contributed by atoms with Gasteiger partial charge in [-0.1, -0.05) is 12.5 Å². The summed E-state index contributed by atoms with van der Waals surface area (Å²) >= 11 is 0. The number of rotatable bonds is 3. The summed E-state index contributed by atoms with van der Waals surface area (Å²) in [5, 5.41) is 3.01. The molecular weight excluding hydrogens is 266 g/mol. The molecule has 0 radical (unpaired) electrons. The molecule has 1 N–H and O–H groups in total. The van der Waals surface area contributed by atoms with Gasteiger partial charge in [-0.2, -0.15) is 0 Å². The summed E-state index contributed by atoms with van der Waals surface area (Å²) < 4.78 is 4.72. The van der Waals surface area contributed by atoms with Crippen LogP contribution in [0.15, 0.2) is 18.2 Å². The summed E-state index contributed by atoms with van der Waals surface area (Å²) in [6.07, 6.45) is 4.70. The van der Waals surface area contributed by atoms with Crippen molar-refractivity contribution in [2.45, 2.75) is 32.6 Å². The molecule has 3 unspecified atom stereocenters. The van der Waals surface area contributed by atoms with Crippen molar-refractivity contribution in [3.8, 4) is 0 Å². The number of benzene rings is 1. The lowest BCUT2D eigenvalue weighted by atomic mass is 9.88. The average molecular weight is 287 g/mol. The van der Waals surface area contributed by atoms with Crippen molar-refractivity contribution >= 4 is 17.6 Å². The smallest absolute Gasteiger partial charge is 0.337 e. The molecule has 1 amide bonds. The highest BCUT2D eigenvalue weighted by atomic mass is 16.5. The molecule has 0 aromatic heterocycles. The molecule has 1 aromatic carbocycles. The van der Waals surface area contributed by atoms with Gasteiger partial charge in [0.25, 0.3) is 0 Å². The van der Waals surface area contributed by atoms with E-state index >= 15 is 0 Å². The maximum absolute atomic E-state index is 12.5. The molecule has 2 aliphatic carbocycles. The van der Waals surface area contributed by atoms with Crippen LogP contribution in [0.5, 0.6) is 0 Å². The lowest BCUT2D eigenvalue weighted by molar-refractivity contribution is -0.121. The fourth-order valence-corrected chi connectivity index (χ4v) is 3.79. The second kappa shape index (κ2) is 5.51. The van der Waals surface area contributed by atoms with E-state index in [1.54, 1.807) is 12.1 Å². The van der Waals surface area contributed by atoms with Crippen molar-refractivity contribution in [1.82, 2.24) is 0 Å². The van der Waals surface area contributed by atoms with E-state index in [1.165, 1.54) is 26.4 Å². The first-order valence-corrected chi connectivity index (χ1v) is 7.58. The molecule has 2 saturated carbocycles. The molecule has 0 heterocycles. The van der Waals surface area contributed by atoms with E-state index in [1.807, 2.05) is 13.0 Å². The Hall–Kier alpha value is -1.84. The number of esters is 1. The number of hydrogen-bond donors (Lipinski definition) is 1. The summed E-state index contributed by atoms with van der Waals surface area (Å²) in [6, 6.07) is 5.25. The molecule has 0 aliphatic heterocycles. The Morgan fingerprint density at radius 3 is 2.67 bits per heavy atom. The van der Waals surface area contributed by atoms with Crippen molar-refractivity contribution in [1.29, 1.82) is 0 Å². The summed E-state index contributed by atoms with van der Waals surface area (Å²) in [5.74, 6) is 1.16. The fraction of sp³-hybridized carbons (Fsp3) is 0.529. The second-order valence-electron chi connectivity index (χ2n) is 6.29. The van der Waals surface area contributed by atoms with E-state index in [4.69, 9.17) is 4.74 Å². The van der Waals surface area contributed by atoms with Gasteiger partial charge in [-0.25, -0.2) is 4.79 Å². The predicted octanol–water partition coefficient (Wildman–Crippen LogP) is 3.16. The Morgan fingerprint density at radius 1 is 1.24 bits per heavy atom. The molecule has 0 saturated heterocycles. The van der Waals surface area contributed by atoms with E-state index in [2.05, 4.69) is 5.32 Å². The van der Waals surface area contributed by atoms with Crippen LogP contribution >= 0.6 is 0 Å². The Kier molecular flexibility index (Phi) is 3.70. The lowest BCUT2D eigenvalue weighted by Gasteiger charge is -2.21. The van der Waals surface area contributed by atoms with Gasteiger partial charge in [0, 0.05) is 11.6 Å². The molecule has 0 spiro atoms. The quantitative estimate of drug-likeness (QED) is 0.869. The van der Waals surface area contributed by atoms with Crippen LogP contribution in [0.25, 0.3) is 0 Å². The number of hydrogen-bond acceptors (Lipinski definition) is 3. The number of fused-ring (bicyclic) bond motifs is 2. The van der Waals surface area contributed by atoms with Gasteiger partial charge in [0.2, 0.25) is 5.91 Å². The Labute approximate surface area is 124 Å². The number of nitrogens with one attached hydrogen (secondary N) is 1. The van der Waals surface area contributed by atoms with Crippen LogP contribution in [-0.2, 0) is 9.53 Å². The molecule has 21 heavy (non-hydrogen) atoms. The van der Waals surface area contributed by atoms with Gasteiger partial charge in [-0.15, -0.1) is 0 Å². The minimum absolute atomic E-state index is 0.104. The van der Waals surface area contributed by atoms with Crippen molar-refractivity contribution in [3.63, 3.8) is 0 Å². The monoisotopic (exact) mass is 287 g/mol. The molecule has 2 fully saturated rings. The van der Waals surface area contributed by atoms with Crippen molar-refractivity contribution in [2.24, 2.45) is 17.8 Å². The lowest BCUT2D eigenvalue weighted by Crippen LogP contribution is -2.27. The molecule has 2 bridgehead atoms. The third-order valence-electron chi connectivity index (χ3n) is 4.99. The topological polar surface area (TPSA) is 55.4 Å². The first-order valence-electron chi connectivity index (χ1n) is 7.58. The molecule has 3 atom stereocenters. The summed E-state index contributed by atoms with van der Waals surface area (Å²) in [4.78, 5) is 24.1. The third kappa shape index (κ3) is 2.67. The largest absolute Gasteiger partial charge is 0.465 e. The predicted molar refractivity (Wildman–Crippen MR) is 80.1 cm³/mol. The zero-order chi connectivity index (χ0) is 15.0. The molecule has 4 nitrogen and oxygen atoms in total. The number of carbonyl (C=O) groups is 2. The normalized spacial score (nSPS) is 26.7.